The average molecular weight is 240 g/mol. The highest BCUT2D eigenvalue weighted by Crippen LogP contribution is 2.18. The molecule has 0 aliphatic carbocycles. The van der Waals surface area contributed by atoms with E-state index in [0.717, 1.165) is 16.8 Å². The Kier molecular flexibility index (Phi) is 3.33. The third kappa shape index (κ3) is 2.51. The Morgan fingerprint density at radius 3 is 2.33 bits per heavy atom. The second-order valence-electron chi connectivity index (χ2n) is 4.36. The lowest BCUT2D eigenvalue weighted by Crippen LogP contribution is -2.15. The van der Waals surface area contributed by atoms with Gasteiger partial charge in [-0.05, 0) is 37.6 Å². The van der Waals surface area contributed by atoms with E-state index in [1.54, 1.807) is 6.07 Å². The Morgan fingerprint density at radius 2 is 1.72 bits per heavy atom. The molecular weight excluding hydrogens is 224 g/mol. The van der Waals surface area contributed by atoms with Crippen LogP contribution in [0.15, 0.2) is 42.5 Å². The number of rotatable bonds is 2. The highest BCUT2D eigenvalue weighted by Gasteiger charge is 2.12. The third-order valence-corrected chi connectivity index (χ3v) is 2.84. The summed E-state index contributed by atoms with van der Waals surface area (Å²) in [5, 5.41) is 2.85. The lowest BCUT2D eigenvalue weighted by atomic mass is 10.1. The molecule has 0 bridgehead atoms. The van der Waals surface area contributed by atoms with E-state index >= 15 is 0 Å². The zero-order valence-corrected chi connectivity index (χ0v) is 10.5. The molecule has 18 heavy (non-hydrogen) atoms. The lowest BCUT2D eigenvalue weighted by Gasteiger charge is -2.10. The first kappa shape index (κ1) is 12.2. The molecule has 3 nitrogen and oxygen atoms in total. The fourth-order valence-electron chi connectivity index (χ4n) is 1.83. The highest BCUT2D eigenvalue weighted by molar-refractivity contribution is 6.08. The first-order chi connectivity index (χ1) is 8.58. The van der Waals surface area contributed by atoms with Gasteiger partial charge in [0.2, 0.25) is 0 Å². The topological polar surface area (TPSA) is 55.1 Å². The number of amides is 1. The summed E-state index contributed by atoms with van der Waals surface area (Å²) < 4.78 is 0. The average Bonchev–Trinajstić information content (AvgIpc) is 2.32. The van der Waals surface area contributed by atoms with Crippen molar-refractivity contribution < 1.29 is 4.79 Å². The summed E-state index contributed by atoms with van der Waals surface area (Å²) in [7, 11) is 0. The third-order valence-electron chi connectivity index (χ3n) is 2.84. The molecule has 0 aromatic heterocycles. The van der Waals surface area contributed by atoms with Crippen LogP contribution < -0.4 is 11.1 Å². The van der Waals surface area contributed by atoms with Gasteiger partial charge in [-0.2, -0.15) is 0 Å². The van der Waals surface area contributed by atoms with E-state index in [-0.39, 0.29) is 5.91 Å². The molecule has 0 aliphatic rings. The molecule has 2 aromatic carbocycles. The zero-order chi connectivity index (χ0) is 13.1. The Morgan fingerprint density at radius 1 is 1.06 bits per heavy atom. The van der Waals surface area contributed by atoms with Crippen molar-refractivity contribution in [1.82, 2.24) is 0 Å². The minimum atomic E-state index is -0.172. The van der Waals surface area contributed by atoms with Crippen LogP contribution in [0.3, 0.4) is 0 Å². The Hall–Kier alpha value is -2.29. The number of carbonyl (C=O) groups is 1. The summed E-state index contributed by atoms with van der Waals surface area (Å²) in [5.41, 5.74) is 9.68. The number of aryl methyl sites for hydroxylation is 2. The standard InChI is InChI=1S/C15H16N2O/c1-10-6-8-12(9-7-10)17-15(18)14-11(2)4-3-5-13(14)16/h3-9H,16H2,1-2H3,(H,17,18). The molecule has 0 unspecified atom stereocenters. The Labute approximate surface area is 107 Å². The quantitative estimate of drug-likeness (QED) is 0.792. The molecule has 0 saturated carbocycles. The van der Waals surface area contributed by atoms with Gasteiger partial charge in [-0.15, -0.1) is 0 Å². The number of nitrogens with two attached hydrogens (primary N) is 1. The van der Waals surface area contributed by atoms with Crippen LogP contribution in [0.4, 0.5) is 11.4 Å². The molecule has 0 fully saturated rings. The first-order valence-corrected chi connectivity index (χ1v) is 5.81. The van der Waals surface area contributed by atoms with E-state index < -0.39 is 0 Å². The summed E-state index contributed by atoms with van der Waals surface area (Å²) in [6.07, 6.45) is 0. The van der Waals surface area contributed by atoms with Gasteiger partial charge in [0.15, 0.2) is 0 Å². The van der Waals surface area contributed by atoms with Gasteiger partial charge in [0.25, 0.3) is 5.91 Å². The van der Waals surface area contributed by atoms with Gasteiger partial charge >= 0.3 is 0 Å². The number of hydrogen-bond donors (Lipinski definition) is 2. The van der Waals surface area contributed by atoms with E-state index in [4.69, 9.17) is 5.73 Å². The highest BCUT2D eigenvalue weighted by atomic mass is 16.1. The molecule has 2 rings (SSSR count). The van der Waals surface area contributed by atoms with Gasteiger partial charge in [-0.3, -0.25) is 4.79 Å². The van der Waals surface area contributed by atoms with E-state index in [1.165, 1.54) is 0 Å². The van der Waals surface area contributed by atoms with Crippen molar-refractivity contribution in [3.63, 3.8) is 0 Å². The summed E-state index contributed by atoms with van der Waals surface area (Å²) in [6, 6.07) is 13.1. The molecule has 92 valence electrons. The van der Waals surface area contributed by atoms with Crippen molar-refractivity contribution in [2.45, 2.75) is 13.8 Å². The normalized spacial score (nSPS) is 10.1. The van der Waals surface area contributed by atoms with E-state index in [0.29, 0.717) is 11.3 Å². The number of benzene rings is 2. The van der Waals surface area contributed by atoms with Crippen molar-refractivity contribution in [3.05, 3.63) is 59.2 Å². The van der Waals surface area contributed by atoms with E-state index in [1.807, 2.05) is 50.2 Å². The monoisotopic (exact) mass is 240 g/mol. The van der Waals surface area contributed by atoms with Crippen LogP contribution in [-0.4, -0.2) is 5.91 Å². The minimum Gasteiger partial charge on any atom is -0.398 e. The number of hydrogen-bond acceptors (Lipinski definition) is 2. The van der Waals surface area contributed by atoms with Crippen LogP contribution in [0.2, 0.25) is 0 Å². The van der Waals surface area contributed by atoms with E-state index in [9.17, 15) is 4.79 Å². The molecule has 0 radical (unpaired) electrons. The summed E-state index contributed by atoms with van der Waals surface area (Å²) >= 11 is 0. The second-order valence-corrected chi connectivity index (χ2v) is 4.36. The smallest absolute Gasteiger partial charge is 0.258 e. The second kappa shape index (κ2) is 4.92. The Bertz CT molecular complexity index is 553. The molecule has 0 heterocycles. The molecule has 0 aliphatic heterocycles. The number of nitrogen functional groups attached to an aromatic ring is 1. The van der Waals surface area contributed by atoms with Crippen LogP contribution in [0.5, 0.6) is 0 Å². The first-order valence-electron chi connectivity index (χ1n) is 5.81. The molecule has 1 amide bonds. The van der Waals surface area contributed by atoms with Gasteiger partial charge in [0.05, 0.1) is 5.56 Å². The SMILES string of the molecule is Cc1ccc(NC(=O)c2c(C)cccc2N)cc1. The summed E-state index contributed by atoms with van der Waals surface area (Å²) in [5.74, 6) is -0.172. The van der Waals surface area contributed by atoms with Crippen LogP contribution in [0.25, 0.3) is 0 Å². The Balaban J connectivity index is 2.25. The summed E-state index contributed by atoms with van der Waals surface area (Å²) in [6.45, 7) is 3.88. The maximum absolute atomic E-state index is 12.1. The minimum absolute atomic E-state index is 0.172. The number of anilines is 2. The van der Waals surface area contributed by atoms with Crippen molar-refractivity contribution in [2.24, 2.45) is 0 Å². The van der Waals surface area contributed by atoms with Crippen LogP contribution in [0, 0.1) is 13.8 Å². The van der Waals surface area contributed by atoms with Crippen molar-refractivity contribution in [3.8, 4) is 0 Å². The van der Waals surface area contributed by atoms with E-state index in [2.05, 4.69) is 5.32 Å². The van der Waals surface area contributed by atoms with Crippen LogP contribution in [0.1, 0.15) is 21.5 Å². The molecule has 3 heteroatoms. The maximum atomic E-state index is 12.1. The molecule has 0 saturated heterocycles. The van der Waals surface area contributed by atoms with Crippen LogP contribution in [-0.2, 0) is 0 Å². The predicted molar refractivity (Wildman–Crippen MR) is 74.7 cm³/mol. The molecule has 0 atom stereocenters. The molecular formula is C15H16N2O. The summed E-state index contributed by atoms with van der Waals surface area (Å²) in [4.78, 5) is 12.1. The largest absolute Gasteiger partial charge is 0.398 e. The van der Waals surface area contributed by atoms with Gasteiger partial charge < -0.3 is 11.1 Å². The molecule has 3 N–H and O–H groups in total. The van der Waals surface area contributed by atoms with Crippen molar-refractivity contribution >= 4 is 17.3 Å². The van der Waals surface area contributed by atoms with Crippen LogP contribution >= 0.6 is 0 Å². The van der Waals surface area contributed by atoms with Gasteiger partial charge in [0.1, 0.15) is 0 Å². The van der Waals surface area contributed by atoms with Gasteiger partial charge in [-0.25, -0.2) is 0 Å². The zero-order valence-electron chi connectivity index (χ0n) is 10.5. The fourth-order valence-corrected chi connectivity index (χ4v) is 1.83. The number of nitrogens with one attached hydrogen (secondary N) is 1. The van der Waals surface area contributed by atoms with Gasteiger partial charge in [0, 0.05) is 11.4 Å². The number of carbonyl (C=O) groups excluding carboxylic acids is 1. The van der Waals surface area contributed by atoms with Gasteiger partial charge in [-0.1, -0.05) is 29.8 Å². The predicted octanol–water partition coefficient (Wildman–Crippen LogP) is 3.14. The molecule has 0 spiro atoms. The molecule has 2 aromatic rings. The lowest BCUT2D eigenvalue weighted by molar-refractivity contribution is 0.102. The maximum Gasteiger partial charge on any atom is 0.258 e. The fraction of sp³-hybridized carbons (Fsp3) is 0.133. The van der Waals surface area contributed by atoms with Crippen molar-refractivity contribution in [1.29, 1.82) is 0 Å². The van der Waals surface area contributed by atoms with Crippen molar-refractivity contribution in [2.75, 3.05) is 11.1 Å².